The van der Waals surface area contributed by atoms with Crippen LogP contribution in [0, 0.1) is 0 Å². The average Bonchev–Trinajstić information content (AvgIpc) is 3.62. The lowest BCUT2D eigenvalue weighted by molar-refractivity contribution is -0.175. The van der Waals surface area contributed by atoms with Crippen molar-refractivity contribution < 1.29 is 28.2 Å². The molecule has 5 N–H and O–H groups in total. The van der Waals surface area contributed by atoms with Gasteiger partial charge in [0, 0.05) is 25.6 Å². The van der Waals surface area contributed by atoms with Crippen LogP contribution >= 0.6 is 0 Å². The van der Waals surface area contributed by atoms with E-state index in [1.165, 1.54) is 30.2 Å². The molecule has 0 spiro atoms. The average molecular weight is 653 g/mol. The Labute approximate surface area is 270 Å². The molecule has 1 aliphatic carbocycles. The summed E-state index contributed by atoms with van der Waals surface area (Å²) in [6.45, 7) is 3.94. The smallest absolute Gasteiger partial charge is 0.388 e. The second-order valence-electron chi connectivity index (χ2n) is 12.2. The number of anilines is 2. The molecular formula is C33H39F3N8O3. The maximum Gasteiger partial charge on any atom is 0.471 e. The van der Waals surface area contributed by atoms with Crippen molar-refractivity contribution in [2.45, 2.75) is 62.1 Å². The zero-order chi connectivity index (χ0) is 33.0. The monoisotopic (exact) mass is 652 g/mol. The summed E-state index contributed by atoms with van der Waals surface area (Å²) < 4.78 is 40.4. The van der Waals surface area contributed by atoms with Crippen molar-refractivity contribution >= 4 is 28.8 Å². The minimum Gasteiger partial charge on any atom is -0.388 e. The van der Waals surface area contributed by atoms with Crippen LogP contribution in [0.5, 0.6) is 0 Å². The number of likely N-dealkylation sites (tertiary alicyclic amines) is 1. The lowest BCUT2D eigenvalue weighted by Gasteiger charge is -2.26. The number of carbonyl (C=O) groups excluding carboxylic acids is 1. The van der Waals surface area contributed by atoms with Gasteiger partial charge in [0.25, 0.3) is 0 Å². The van der Waals surface area contributed by atoms with Crippen LogP contribution in [0.15, 0.2) is 67.0 Å². The van der Waals surface area contributed by atoms with Crippen LogP contribution in [0.4, 0.5) is 24.9 Å². The van der Waals surface area contributed by atoms with Crippen molar-refractivity contribution in [1.82, 2.24) is 29.7 Å². The molecule has 1 aliphatic heterocycles. The number of amides is 1. The van der Waals surface area contributed by atoms with Crippen LogP contribution in [-0.2, 0) is 4.79 Å². The number of aromatic nitrogens is 4. The molecule has 0 bridgehead atoms. The predicted octanol–water partition coefficient (Wildman–Crippen LogP) is 3.68. The van der Waals surface area contributed by atoms with Gasteiger partial charge in [-0.2, -0.15) is 23.1 Å². The van der Waals surface area contributed by atoms with Gasteiger partial charge < -0.3 is 35.6 Å². The third kappa shape index (κ3) is 7.50. The van der Waals surface area contributed by atoms with Crippen LogP contribution in [0.25, 0.3) is 11.2 Å². The first kappa shape index (κ1) is 32.7. The Bertz CT molecular complexity index is 1590. The van der Waals surface area contributed by atoms with Crippen molar-refractivity contribution in [3.05, 3.63) is 78.1 Å². The molecule has 3 heterocycles. The molecule has 1 saturated carbocycles. The Morgan fingerprint density at radius 1 is 0.915 bits per heavy atom. The first-order valence-corrected chi connectivity index (χ1v) is 16.0. The summed E-state index contributed by atoms with van der Waals surface area (Å²) in [6.07, 6.45) is -3.38. The number of hydrogen-bond donors (Lipinski definition) is 5. The second kappa shape index (κ2) is 14.2. The largest absolute Gasteiger partial charge is 0.471 e. The molecule has 4 aromatic rings. The highest BCUT2D eigenvalue weighted by Gasteiger charge is 2.47. The molecule has 6 rings (SSSR count). The number of carbonyl (C=O) groups is 1. The minimum atomic E-state index is -5.12. The summed E-state index contributed by atoms with van der Waals surface area (Å²) in [6, 6.07) is 17.9. The van der Waals surface area contributed by atoms with Crippen molar-refractivity contribution in [2.75, 3.05) is 43.4 Å². The zero-order valence-corrected chi connectivity index (χ0v) is 25.8. The van der Waals surface area contributed by atoms with Gasteiger partial charge in [-0.3, -0.25) is 4.79 Å². The normalized spacial score (nSPS) is 22.1. The van der Waals surface area contributed by atoms with Gasteiger partial charge in [0.05, 0.1) is 18.4 Å². The number of imidazole rings is 1. The van der Waals surface area contributed by atoms with E-state index in [0.29, 0.717) is 36.0 Å². The van der Waals surface area contributed by atoms with Gasteiger partial charge in [-0.25, -0.2) is 4.98 Å². The van der Waals surface area contributed by atoms with E-state index < -0.39 is 36.4 Å². The summed E-state index contributed by atoms with van der Waals surface area (Å²) in [7, 11) is 0. The fraction of sp³-hybridized carbons (Fsp3) is 0.455. The van der Waals surface area contributed by atoms with E-state index in [-0.39, 0.29) is 12.3 Å². The van der Waals surface area contributed by atoms with Crippen LogP contribution in [-0.4, -0.2) is 97.7 Å². The molecule has 2 aliphatic rings. The van der Waals surface area contributed by atoms with Gasteiger partial charge in [0.2, 0.25) is 5.95 Å². The van der Waals surface area contributed by atoms with Crippen molar-refractivity contribution in [3.8, 4) is 0 Å². The van der Waals surface area contributed by atoms with E-state index in [1.54, 1.807) is 0 Å². The Morgan fingerprint density at radius 2 is 1.57 bits per heavy atom. The van der Waals surface area contributed by atoms with E-state index in [2.05, 4.69) is 44.8 Å². The molecule has 0 unspecified atom stereocenters. The molecule has 4 atom stereocenters. The predicted molar refractivity (Wildman–Crippen MR) is 171 cm³/mol. The lowest BCUT2D eigenvalue weighted by atomic mass is 9.91. The van der Waals surface area contributed by atoms with Gasteiger partial charge in [0.15, 0.2) is 17.0 Å². The summed E-state index contributed by atoms with van der Waals surface area (Å²) in [5.74, 6) is -1.43. The molecule has 14 heteroatoms. The third-order valence-corrected chi connectivity index (χ3v) is 9.04. The molecule has 2 aromatic carbocycles. The summed E-state index contributed by atoms with van der Waals surface area (Å²) in [4.78, 5) is 28.0. The number of aliphatic hydroxyl groups is 2. The van der Waals surface area contributed by atoms with Gasteiger partial charge >= 0.3 is 12.1 Å². The number of benzene rings is 2. The van der Waals surface area contributed by atoms with Crippen molar-refractivity contribution in [2.24, 2.45) is 0 Å². The fourth-order valence-electron chi connectivity index (χ4n) is 6.55. The molecule has 1 amide bonds. The Hall–Kier alpha value is -4.27. The molecule has 0 radical (unpaired) electrons. The summed E-state index contributed by atoms with van der Waals surface area (Å²) in [5, 5.41) is 30.1. The number of rotatable bonds is 11. The highest BCUT2D eigenvalue weighted by Crippen LogP contribution is 2.35. The van der Waals surface area contributed by atoms with Gasteiger partial charge in [-0.05, 0) is 43.5 Å². The Morgan fingerprint density at radius 3 is 2.21 bits per heavy atom. The molecule has 250 valence electrons. The maximum atomic E-state index is 13.0. The lowest BCUT2D eigenvalue weighted by Crippen LogP contribution is -2.48. The quantitative estimate of drug-likeness (QED) is 0.164. The minimum absolute atomic E-state index is 0.0233. The summed E-state index contributed by atoms with van der Waals surface area (Å²) >= 11 is 0. The molecule has 11 nitrogen and oxygen atoms in total. The van der Waals surface area contributed by atoms with E-state index in [0.717, 1.165) is 30.8 Å². The van der Waals surface area contributed by atoms with Gasteiger partial charge in [0.1, 0.15) is 12.2 Å². The molecule has 1 saturated heterocycles. The van der Waals surface area contributed by atoms with Crippen molar-refractivity contribution in [3.63, 3.8) is 0 Å². The number of piperidine rings is 1. The fourth-order valence-corrected chi connectivity index (χ4v) is 6.55. The highest BCUT2D eigenvalue weighted by atomic mass is 19.4. The number of nitrogens with zero attached hydrogens (tertiary/aromatic N) is 5. The third-order valence-electron chi connectivity index (χ3n) is 9.04. The van der Waals surface area contributed by atoms with E-state index in [1.807, 2.05) is 41.7 Å². The second-order valence-corrected chi connectivity index (χ2v) is 12.2. The number of halogens is 3. The maximum absolute atomic E-state index is 13.0. The molecule has 2 fully saturated rings. The number of fused-ring (bicyclic) bond motifs is 1. The number of alkyl halides is 3. The Balaban J connectivity index is 1.29. The van der Waals surface area contributed by atoms with Crippen LogP contribution in [0.1, 0.15) is 48.8 Å². The zero-order valence-electron chi connectivity index (χ0n) is 25.8. The molecule has 2 aromatic heterocycles. The van der Waals surface area contributed by atoms with Crippen molar-refractivity contribution in [1.29, 1.82) is 0 Å². The highest BCUT2D eigenvalue weighted by molar-refractivity contribution is 5.84. The SMILES string of the molecule is O=C(N[C@H]1C[C@@H](n2cnc3c(NCC(c4ccccc4)c4ccccc4)nc(NCCN4CCCCC4)nc32)[C@H](O)[C@@H]1O)C(F)(F)F. The first-order chi connectivity index (χ1) is 22.7. The van der Waals surface area contributed by atoms with Crippen LogP contribution in [0.2, 0.25) is 0 Å². The van der Waals surface area contributed by atoms with E-state index >= 15 is 0 Å². The van der Waals surface area contributed by atoms with Gasteiger partial charge in [-0.15, -0.1) is 0 Å². The molecular weight excluding hydrogens is 613 g/mol. The van der Waals surface area contributed by atoms with Crippen LogP contribution in [0.3, 0.4) is 0 Å². The van der Waals surface area contributed by atoms with E-state index in [4.69, 9.17) is 9.97 Å². The number of nitrogens with one attached hydrogen (secondary N) is 3. The number of aliphatic hydroxyl groups excluding tert-OH is 2. The van der Waals surface area contributed by atoms with E-state index in [9.17, 15) is 28.2 Å². The summed E-state index contributed by atoms with van der Waals surface area (Å²) in [5.41, 5.74) is 2.95. The topological polar surface area (TPSA) is 140 Å². The Kier molecular flexibility index (Phi) is 9.89. The first-order valence-electron chi connectivity index (χ1n) is 16.0. The van der Waals surface area contributed by atoms with Crippen LogP contribution < -0.4 is 16.0 Å². The number of hydrogen-bond acceptors (Lipinski definition) is 9. The molecule has 47 heavy (non-hydrogen) atoms. The van der Waals surface area contributed by atoms with Gasteiger partial charge in [-0.1, -0.05) is 67.1 Å². The standard InChI is InChI=1S/C33H39F3N8O3/c34-33(35,36)31(47)40-24-18-25(28(46)27(24)45)44-20-39-26-29(41-32(42-30(26)44)37-14-17-43-15-8-3-9-16-43)38-19-23(21-10-4-1-5-11-21)22-12-6-2-7-13-22/h1-2,4-7,10-13,20,23-25,27-28,45-46H,3,8-9,14-19H2,(H,40,47)(H2,37,38,41,42)/t24-,25+,27+,28-/m0/s1.